The Hall–Kier alpha value is -3.11. The highest BCUT2D eigenvalue weighted by molar-refractivity contribution is 6.35. The number of hydrogen-bond donors (Lipinski definition) is 1. The van der Waals surface area contributed by atoms with Crippen molar-refractivity contribution < 1.29 is 14.3 Å². The van der Waals surface area contributed by atoms with Gasteiger partial charge in [-0.1, -0.05) is 29.3 Å². The fraction of sp³-hybridized carbons (Fsp3) is 0.350. The Morgan fingerprint density at radius 2 is 1.84 bits per heavy atom. The highest BCUT2D eigenvalue weighted by Crippen LogP contribution is 2.26. The molecule has 0 aliphatic carbocycles. The first-order chi connectivity index (χ1) is 15.0. The third-order valence-electron chi connectivity index (χ3n) is 4.98. The number of ether oxygens (including phenoxy) is 1. The number of aryl methyl sites for hydroxylation is 1. The quantitative estimate of drug-likeness (QED) is 0.533. The van der Waals surface area contributed by atoms with Crippen molar-refractivity contribution in [1.29, 1.82) is 0 Å². The van der Waals surface area contributed by atoms with E-state index in [2.05, 4.69) is 10.3 Å². The Bertz CT molecular complexity index is 1330. The van der Waals surface area contributed by atoms with Crippen molar-refractivity contribution >= 4 is 46.2 Å². The molecule has 0 bridgehead atoms. The number of halogens is 2. The summed E-state index contributed by atoms with van der Waals surface area (Å²) in [6.45, 7) is 2.80. The van der Waals surface area contributed by atoms with Crippen molar-refractivity contribution in [3.63, 3.8) is 0 Å². The molecule has 0 fully saturated rings. The summed E-state index contributed by atoms with van der Waals surface area (Å²) >= 11 is 12.1. The molecule has 170 valence electrons. The molecule has 1 N–H and O–H groups in total. The minimum Gasteiger partial charge on any atom is -0.451 e. The summed E-state index contributed by atoms with van der Waals surface area (Å²) in [7, 11) is 2.81. The minimum absolute atomic E-state index is 0.0784. The van der Waals surface area contributed by atoms with E-state index in [1.54, 1.807) is 25.1 Å². The van der Waals surface area contributed by atoms with E-state index < -0.39 is 35.3 Å². The molecule has 12 heteroatoms. The number of imidazole rings is 1. The van der Waals surface area contributed by atoms with Crippen LogP contribution in [0.15, 0.2) is 34.1 Å². The van der Waals surface area contributed by atoms with E-state index in [4.69, 9.17) is 27.9 Å². The van der Waals surface area contributed by atoms with Gasteiger partial charge in [-0.25, -0.2) is 9.78 Å². The predicted molar refractivity (Wildman–Crippen MR) is 119 cm³/mol. The van der Waals surface area contributed by atoms with Crippen LogP contribution in [0.25, 0.3) is 11.2 Å². The number of benzene rings is 1. The molecule has 2 heterocycles. The number of aromatic nitrogens is 4. The molecule has 0 aliphatic heterocycles. The van der Waals surface area contributed by atoms with Gasteiger partial charge in [0.2, 0.25) is 0 Å². The summed E-state index contributed by atoms with van der Waals surface area (Å²) in [5.41, 5.74) is -0.238. The number of rotatable bonds is 6. The number of nitrogens with zero attached hydrogens (tertiary/aromatic N) is 4. The fourth-order valence-electron chi connectivity index (χ4n) is 3.21. The summed E-state index contributed by atoms with van der Waals surface area (Å²) in [5.74, 6) is -1.27. The van der Waals surface area contributed by atoms with Crippen LogP contribution < -0.4 is 16.6 Å². The number of carbonyl (C=O) groups is 2. The molecule has 0 radical (unpaired) electrons. The third kappa shape index (κ3) is 4.56. The Balaban J connectivity index is 1.69. The molecule has 32 heavy (non-hydrogen) atoms. The van der Waals surface area contributed by atoms with Crippen LogP contribution in [-0.4, -0.2) is 36.7 Å². The first kappa shape index (κ1) is 23.6. The van der Waals surface area contributed by atoms with Crippen molar-refractivity contribution in [1.82, 2.24) is 24.0 Å². The lowest BCUT2D eigenvalue weighted by Crippen LogP contribution is -2.39. The van der Waals surface area contributed by atoms with Gasteiger partial charge in [0.05, 0.1) is 12.4 Å². The van der Waals surface area contributed by atoms with Crippen LogP contribution >= 0.6 is 23.2 Å². The first-order valence-electron chi connectivity index (χ1n) is 9.57. The summed E-state index contributed by atoms with van der Waals surface area (Å²) in [4.78, 5) is 53.4. The summed E-state index contributed by atoms with van der Waals surface area (Å²) in [5, 5.41) is 3.60. The van der Waals surface area contributed by atoms with Crippen molar-refractivity contribution in [2.24, 2.45) is 14.1 Å². The van der Waals surface area contributed by atoms with Crippen LogP contribution in [-0.2, 0) is 35.0 Å². The number of amides is 1. The van der Waals surface area contributed by atoms with Crippen LogP contribution in [0.3, 0.4) is 0 Å². The van der Waals surface area contributed by atoms with Gasteiger partial charge in [-0.2, -0.15) is 0 Å². The molecule has 0 saturated carbocycles. The van der Waals surface area contributed by atoms with Crippen LogP contribution in [0.5, 0.6) is 0 Å². The van der Waals surface area contributed by atoms with Crippen molar-refractivity contribution in [3.8, 4) is 0 Å². The van der Waals surface area contributed by atoms with E-state index in [9.17, 15) is 19.2 Å². The average Bonchev–Trinajstić information content (AvgIpc) is 3.13. The second-order valence-electron chi connectivity index (χ2n) is 7.28. The standard InChI is InChI=1S/C20H21Cl2N5O5/c1-10(13-6-5-12(21)7-14(13)22)24-18(29)11(2)32-15(28)8-27-9-23-17-16(27)19(30)26(4)20(31)25(17)3/h5-7,9-11H,8H2,1-4H3,(H,24,29)/t10-,11+/m1/s1. The molecule has 2 atom stereocenters. The molecule has 0 saturated heterocycles. The molecular formula is C20H21Cl2N5O5. The van der Waals surface area contributed by atoms with Gasteiger partial charge in [-0.05, 0) is 31.5 Å². The van der Waals surface area contributed by atoms with Gasteiger partial charge < -0.3 is 14.6 Å². The van der Waals surface area contributed by atoms with Crippen molar-refractivity contribution in [2.75, 3.05) is 0 Å². The molecular weight excluding hydrogens is 461 g/mol. The SMILES string of the molecule is C[C@H](OC(=O)Cn1cnc2c1c(=O)n(C)c(=O)n2C)C(=O)N[C@H](C)c1ccc(Cl)cc1Cl. The molecule has 1 amide bonds. The Morgan fingerprint density at radius 1 is 1.16 bits per heavy atom. The second-order valence-corrected chi connectivity index (χ2v) is 8.12. The summed E-state index contributed by atoms with van der Waals surface area (Å²) < 4.78 is 8.62. The minimum atomic E-state index is -1.10. The molecule has 0 unspecified atom stereocenters. The van der Waals surface area contributed by atoms with Crippen LogP contribution in [0, 0.1) is 0 Å². The molecule has 10 nitrogen and oxygen atoms in total. The smallest absolute Gasteiger partial charge is 0.332 e. The van der Waals surface area contributed by atoms with E-state index in [1.807, 2.05) is 0 Å². The van der Waals surface area contributed by atoms with Gasteiger partial charge >= 0.3 is 11.7 Å². The van der Waals surface area contributed by atoms with Gasteiger partial charge in [0.15, 0.2) is 17.3 Å². The third-order valence-corrected chi connectivity index (χ3v) is 5.54. The van der Waals surface area contributed by atoms with Crippen LogP contribution in [0.4, 0.5) is 0 Å². The zero-order chi connectivity index (χ0) is 23.7. The molecule has 0 aliphatic rings. The van der Waals surface area contributed by atoms with Crippen LogP contribution in [0.1, 0.15) is 25.5 Å². The lowest BCUT2D eigenvalue weighted by atomic mass is 10.1. The van der Waals surface area contributed by atoms with Gasteiger partial charge in [0.1, 0.15) is 6.54 Å². The van der Waals surface area contributed by atoms with Gasteiger partial charge in [0.25, 0.3) is 11.5 Å². The number of esters is 1. The van der Waals surface area contributed by atoms with E-state index in [1.165, 1.54) is 36.5 Å². The van der Waals surface area contributed by atoms with Crippen molar-refractivity contribution in [3.05, 3.63) is 61.0 Å². The lowest BCUT2D eigenvalue weighted by molar-refractivity contribution is -0.155. The Labute approximate surface area is 192 Å². The van der Waals surface area contributed by atoms with Gasteiger partial charge in [-0.15, -0.1) is 0 Å². The predicted octanol–water partition coefficient (Wildman–Crippen LogP) is 1.55. The first-order valence-corrected chi connectivity index (χ1v) is 10.3. The second kappa shape index (κ2) is 9.17. The highest BCUT2D eigenvalue weighted by Gasteiger charge is 2.22. The van der Waals surface area contributed by atoms with E-state index in [-0.39, 0.29) is 17.7 Å². The van der Waals surface area contributed by atoms with Gasteiger partial charge in [0, 0.05) is 24.1 Å². The van der Waals surface area contributed by atoms with Crippen molar-refractivity contribution in [2.45, 2.75) is 32.5 Å². The topological polar surface area (TPSA) is 117 Å². The molecule has 2 aromatic heterocycles. The Morgan fingerprint density at radius 3 is 2.50 bits per heavy atom. The summed E-state index contributed by atoms with van der Waals surface area (Å²) in [6, 6.07) is 4.48. The van der Waals surface area contributed by atoms with Gasteiger partial charge in [-0.3, -0.25) is 23.5 Å². The normalized spacial score (nSPS) is 13.1. The maximum absolute atomic E-state index is 12.5. The molecule has 3 rings (SSSR count). The zero-order valence-corrected chi connectivity index (χ0v) is 19.3. The Kier molecular flexibility index (Phi) is 6.75. The molecule has 1 aromatic carbocycles. The number of nitrogens with one attached hydrogen (secondary N) is 1. The van der Waals surface area contributed by atoms with E-state index in [0.29, 0.717) is 15.6 Å². The summed E-state index contributed by atoms with van der Waals surface area (Å²) in [6.07, 6.45) is 0.167. The average molecular weight is 482 g/mol. The number of carbonyl (C=O) groups excluding carboxylic acids is 2. The van der Waals surface area contributed by atoms with E-state index >= 15 is 0 Å². The maximum atomic E-state index is 12.5. The van der Waals surface area contributed by atoms with E-state index in [0.717, 1.165) is 4.57 Å². The van der Waals surface area contributed by atoms with Crippen LogP contribution in [0.2, 0.25) is 10.0 Å². The highest BCUT2D eigenvalue weighted by atomic mass is 35.5. The lowest BCUT2D eigenvalue weighted by Gasteiger charge is -2.19. The number of fused-ring (bicyclic) bond motifs is 1. The molecule has 0 spiro atoms. The largest absolute Gasteiger partial charge is 0.451 e. The maximum Gasteiger partial charge on any atom is 0.332 e. The number of hydrogen-bond acceptors (Lipinski definition) is 6. The fourth-order valence-corrected chi connectivity index (χ4v) is 3.78. The monoisotopic (exact) mass is 481 g/mol. The molecule has 3 aromatic rings. The zero-order valence-electron chi connectivity index (χ0n) is 17.8.